The largest absolute Gasteiger partial charge is 0.309 e. The molecule has 19 heavy (non-hydrogen) atoms. The number of aromatic nitrogens is 1. The highest BCUT2D eigenvalue weighted by atomic mass is 32.1. The lowest BCUT2D eigenvalue weighted by atomic mass is 10.1. The first-order chi connectivity index (χ1) is 9.28. The Hall–Kier alpha value is -0.410. The predicted octanol–water partition coefficient (Wildman–Crippen LogP) is 4.64. The number of nitrogens with zero attached hydrogens (tertiary/aromatic N) is 1. The molecule has 2 nitrogen and oxygen atoms in total. The fourth-order valence-electron chi connectivity index (χ4n) is 3.00. The average Bonchev–Trinajstić information content (AvgIpc) is 3.07. The molecule has 1 aromatic heterocycles. The molecule has 0 spiro atoms. The lowest BCUT2D eigenvalue weighted by molar-refractivity contribution is 0.525. The standard InChI is InChI=1S/C16H28N2S/c1-4-12(5-2)16-18-14(6-3)15(19-16)11-17-13-9-7-8-10-13/h12-13,17H,4-11H2,1-3H3. The zero-order chi connectivity index (χ0) is 13.7. The second-order valence-corrected chi connectivity index (χ2v) is 6.77. The first-order valence-electron chi connectivity index (χ1n) is 8.00. The number of hydrogen-bond acceptors (Lipinski definition) is 3. The Balaban J connectivity index is 2.01. The second kappa shape index (κ2) is 7.39. The number of nitrogens with one attached hydrogen (secondary N) is 1. The minimum absolute atomic E-state index is 0.663. The number of rotatable bonds is 7. The Labute approximate surface area is 122 Å². The average molecular weight is 280 g/mol. The predicted molar refractivity (Wildman–Crippen MR) is 83.9 cm³/mol. The van der Waals surface area contributed by atoms with Crippen LogP contribution in [0, 0.1) is 0 Å². The molecule has 2 rings (SSSR count). The molecule has 0 bridgehead atoms. The van der Waals surface area contributed by atoms with Crippen molar-refractivity contribution in [3.63, 3.8) is 0 Å². The summed E-state index contributed by atoms with van der Waals surface area (Å²) in [6.07, 6.45) is 9.02. The molecule has 1 aromatic rings. The van der Waals surface area contributed by atoms with Crippen LogP contribution >= 0.6 is 11.3 Å². The summed E-state index contributed by atoms with van der Waals surface area (Å²) in [5.74, 6) is 0.663. The summed E-state index contributed by atoms with van der Waals surface area (Å²) in [5.41, 5.74) is 1.33. The van der Waals surface area contributed by atoms with Gasteiger partial charge in [0.1, 0.15) is 0 Å². The fourth-order valence-corrected chi connectivity index (χ4v) is 4.37. The molecule has 0 aromatic carbocycles. The molecule has 0 unspecified atom stereocenters. The van der Waals surface area contributed by atoms with Gasteiger partial charge in [-0.05, 0) is 32.1 Å². The summed E-state index contributed by atoms with van der Waals surface area (Å²) < 4.78 is 0. The van der Waals surface area contributed by atoms with E-state index in [1.165, 1.54) is 54.1 Å². The molecule has 1 heterocycles. The van der Waals surface area contributed by atoms with Crippen molar-refractivity contribution in [2.45, 2.75) is 84.2 Å². The van der Waals surface area contributed by atoms with Crippen LogP contribution in [-0.2, 0) is 13.0 Å². The highest BCUT2D eigenvalue weighted by Crippen LogP contribution is 2.30. The van der Waals surface area contributed by atoms with Crippen LogP contribution in [0.2, 0.25) is 0 Å². The van der Waals surface area contributed by atoms with Crippen LogP contribution in [0.4, 0.5) is 0 Å². The molecule has 0 radical (unpaired) electrons. The van der Waals surface area contributed by atoms with E-state index < -0.39 is 0 Å². The van der Waals surface area contributed by atoms with E-state index in [0.29, 0.717) is 5.92 Å². The zero-order valence-corrected chi connectivity index (χ0v) is 13.5. The van der Waals surface area contributed by atoms with Crippen molar-refractivity contribution in [2.24, 2.45) is 0 Å². The topological polar surface area (TPSA) is 24.9 Å². The fraction of sp³-hybridized carbons (Fsp3) is 0.812. The molecule has 0 aliphatic heterocycles. The molecule has 0 amide bonds. The Bertz CT molecular complexity index is 376. The number of aryl methyl sites for hydroxylation is 1. The van der Waals surface area contributed by atoms with Crippen molar-refractivity contribution in [3.8, 4) is 0 Å². The smallest absolute Gasteiger partial charge is 0.0962 e. The van der Waals surface area contributed by atoms with Crippen molar-refractivity contribution in [3.05, 3.63) is 15.6 Å². The lowest BCUT2D eigenvalue weighted by Gasteiger charge is -2.11. The second-order valence-electron chi connectivity index (χ2n) is 5.65. The molecule has 3 heteroatoms. The molecule has 1 N–H and O–H groups in total. The molecule has 0 atom stereocenters. The minimum Gasteiger partial charge on any atom is -0.309 e. The lowest BCUT2D eigenvalue weighted by Crippen LogP contribution is -2.25. The number of thiazole rings is 1. The molecular formula is C16H28N2S. The molecule has 1 aliphatic rings. The summed E-state index contributed by atoms with van der Waals surface area (Å²) >= 11 is 1.95. The van der Waals surface area contributed by atoms with Crippen LogP contribution in [0.15, 0.2) is 0 Å². The van der Waals surface area contributed by atoms with Crippen LogP contribution in [0.25, 0.3) is 0 Å². The molecule has 1 aliphatic carbocycles. The maximum Gasteiger partial charge on any atom is 0.0962 e. The van der Waals surface area contributed by atoms with E-state index in [1.54, 1.807) is 0 Å². The number of hydrogen-bond donors (Lipinski definition) is 1. The minimum atomic E-state index is 0.663. The van der Waals surface area contributed by atoms with Gasteiger partial charge in [-0.1, -0.05) is 33.6 Å². The zero-order valence-electron chi connectivity index (χ0n) is 12.7. The highest BCUT2D eigenvalue weighted by molar-refractivity contribution is 7.11. The quantitative estimate of drug-likeness (QED) is 0.787. The van der Waals surface area contributed by atoms with E-state index in [2.05, 4.69) is 26.1 Å². The summed E-state index contributed by atoms with van der Waals surface area (Å²) in [6, 6.07) is 0.753. The van der Waals surface area contributed by atoms with E-state index in [-0.39, 0.29) is 0 Å². The third-order valence-corrected chi connectivity index (χ3v) is 5.63. The Morgan fingerprint density at radius 1 is 1.21 bits per heavy atom. The van der Waals surface area contributed by atoms with Crippen LogP contribution in [0.1, 0.15) is 80.8 Å². The normalized spacial score (nSPS) is 16.6. The third kappa shape index (κ3) is 3.79. The van der Waals surface area contributed by atoms with Gasteiger partial charge in [0.25, 0.3) is 0 Å². The molecular weight excluding hydrogens is 252 g/mol. The van der Waals surface area contributed by atoms with Crippen LogP contribution in [0.3, 0.4) is 0 Å². The monoisotopic (exact) mass is 280 g/mol. The van der Waals surface area contributed by atoms with Crippen molar-refractivity contribution < 1.29 is 0 Å². The van der Waals surface area contributed by atoms with Gasteiger partial charge >= 0.3 is 0 Å². The third-order valence-electron chi connectivity index (χ3n) is 4.37. The van der Waals surface area contributed by atoms with Crippen LogP contribution in [-0.4, -0.2) is 11.0 Å². The van der Waals surface area contributed by atoms with E-state index in [9.17, 15) is 0 Å². The van der Waals surface area contributed by atoms with Crippen molar-refractivity contribution in [1.29, 1.82) is 0 Å². The van der Waals surface area contributed by atoms with Crippen LogP contribution in [0.5, 0.6) is 0 Å². The first kappa shape index (κ1) is 15.0. The summed E-state index contributed by atoms with van der Waals surface area (Å²) in [7, 11) is 0. The van der Waals surface area contributed by atoms with Gasteiger partial charge in [-0.2, -0.15) is 0 Å². The van der Waals surface area contributed by atoms with E-state index in [1.807, 2.05) is 11.3 Å². The van der Waals surface area contributed by atoms with E-state index in [0.717, 1.165) is 19.0 Å². The van der Waals surface area contributed by atoms with Gasteiger partial charge in [0, 0.05) is 23.4 Å². The summed E-state index contributed by atoms with van der Waals surface area (Å²) in [5, 5.41) is 5.10. The maximum atomic E-state index is 4.89. The molecule has 1 saturated carbocycles. The van der Waals surface area contributed by atoms with E-state index in [4.69, 9.17) is 4.98 Å². The van der Waals surface area contributed by atoms with E-state index >= 15 is 0 Å². The van der Waals surface area contributed by atoms with Gasteiger partial charge in [-0.25, -0.2) is 4.98 Å². The SMILES string of the molecule is CCc1nc(C(CC)CC)sc1CNC1CCCC1. The Morgan fingerprint density at radius 3 is 2.47 bits per heavy atom. The highest BCUT2D eigenvalue weighted by Gasteiger charge is 2.18. The van der Waals surface area contributed by atoms with Gasteiger partial charge in [-0.15, -0.1) is 11.3 Å². The van der Waals surface area contributed by atoms with Gasteiger partial charge in [0.15, 0.2) is 0 Å². The van der Waals surface area contributed by atoms with Gasteiger partial charge in [0.05, 0.1) is 10.7 Å². The Morgan fingerprint density at radius 2 is 1.89 bits per heavy atom. The van der Waals surface area contributed by atoms with Crippen LogP contribution < -0.4 is 5.32 Å². The van der Waals surface area contributed by atoms with Gasteiger partial charge < -0.3 is 5.32 Å². The Kier molecular flexibility index (Phi) is 5.83. The first-order valence-corrected chi connectivity index (χ1v) is 8.81. The summed E-state index contributed by atoms with van der Waals surface area (Å²) in [4.78, 5) is 6.38. The van der Waals surface area contributed by atoms with Gasteiger partial charge in [-0.3, -0.25) is 0 Å². The van der Waals surface area contributed by atoms with Crippen molar-refractivity contribution >= 4 is 11.3 Å². The maximum absolute atomic E-state index is 4.89. The van der Waals surface area contributed by atoms with Crippen molar-refractivity contribution in [2.75, 3.05) is 0 Å². The van der Waals surface area contributed by atoms with Crippen molar-refractivity contribution in [1.82, 2.24) is 10.3 Å². The summed E-state index contributed by atoms with van der Waals surface area (Å²) in [6.45, 7) is 7.81. The van der Waals surface area contributed by atoms with Gasteiger partial charge in [0.2, 0.25) is 0 Å². The molecule has 108 valence electrons. The molecule has 1 fully saturated rings. The molecule has 0 saturated heterocycles.